The smallest absolute Gasteiger partial charge is 0.119 e. The van der Waals surface area contributed by atoms with Crippen LogP contribution in [0, 0.1) is 0 Å². The zero-order valence-corrected chi connectivity index (χ0v) is 17.2. The maximum absolute atomic E-state index is 5.36. The van der Waals surface area contributed by atoms with Crippen LogP contribution in [0.25, 0.3) is 21.8 Å². The number of hydrogen-bond donors (Lipinski definition) is 0. The minimum Gasteiger partial charge on any atom is -0.497 e. The molecule has 0 saturated carbocycles. The molecule has 0 aliphatic rings. The Labute approximate surface area is 176 Å². The Kier molecular flexibility index (Phi) is 4.72. The van der Waals surface area contributed by atoms with Crippen LogP contribution < -0.4 is 4.74 Å². The van der Waals surface area contributed by atoms with Gasteiger partial charge in [-0.15, -0.1) is 0 Å². The summed E-state index contributed by atoms with van der Waals surface area (Å²) in [5.41, 5.74) is 4.76. The fourth-order valence-electron chi connectivity index (χ4n) is 4.14. The summed E-state index contributed by atoms with van der Waals surface area (Å²) in [6.45, 7) is 3.05. The Morgan fingerprint density at radius 3 is 2.40 bits per heavy atom. The maximum Gasteiger partial charge on any atom is 0.119 e. The Balaban J connectivity index is 1.59. The van der Waals surface area contributed by atoms with Gasteiger partial charge < -0.3 is 9.30 Å². The fourth-order valence-corrected chi connectivity index (χ4v) is 4.14. The molecule has 3 heteroatoms. The SMILES string of the molecule is COc1ccc2cc(C(C)c3nc4ccccc4n3Cc3ccccc3)ccc2c1. The van der Waals surface area contributed by atoms with E-state index >= 15 is 0 Å². The summed E-state index contributed by atoms with van der Waals surface area (Å²) in [7, 11) is 1.70. The molecule has 5 aromatic rings. The third kappa shape index (κ3) is 3.33. The van der Waals surface area contributed by atoms with Gasteiger partial charge in [0, 0.05) is 12.5 Å². The zero-order chi connectivity index (χ0) is 20.5. The van der Waals surface area contributed by atoms with Gasteiger partial charge in [-0.1, -0.05) is 73.7 Å². The molecule has 30 heavy (non-hydrogen) atoms. The van der Waals surface area contributed by atoms with Crippen LogP contribution in [0.2, 0.25) is 0 Å². The van der Waals surface area contributed by atoms with E-state index in [2.05, 4.69) is 96.4 Å². The summed E-state index contributed by atoms with van der Waals surface area (Å²) in [6, 6.07) is 31.9. The summed E-state index contributed by atoms with van der Waals surface area (Å²) in [4.78, 5) is 5.04. The van der Waals surface area contributed by atoms with Gasteiger partial charge in [0.05, 0.1) is 18.1 Å². The van der Waals surface area contributed by atoms with Gasteiger partial charge >= 0.3 is 0 Å². The summed E-state index contributed by atoms with van der Waals surface area (Å²) >= 11 is 0. The molecule has 1 unspecified atom stereocenters. The molecule has 0 aliphatic heterocycles. The third-order valence-corrected chi connectivity index (χ3v) is 5.83. The number of benzene rings is 4. The van der Waals surface area contributed by atoms with Gasteiger partial charge in [0.1, 0.15) is 11.6 Å². The molecule has 148 valence electrons. The molecule has 5 rings (SSSR count). The van der Waals surface area contributed by atoms with Crippen molar-refractivity contribution in [3.63, 3.8) is 0 Å². The van der Waals surface area contributed by atoms with Crippen molar-refractivity contribution in [2.45, 2.75) is 19.4 Å². The van der Waals surface area contributed by atoms with E-state index in [0.29, 0.717) is 0 Å². The average Bonchev–Trinajstić information content (AvgIpc) is 3.17. The quantitative estimate of drug-likeness (QED) is 0.346. The largest absolute Gasteiger partial charge is 0.497 e. The second-order valence-corrected chi connectivity index (χ2v) is 7.72. The number of methoxy groups -OCH3 is 1. The van der Waals surface area contributed by atoms with Crippen molar-refractivity contribution in [3.05, 3.63) is 108 Å². The first-order valence-electron chi connectivity index (χ1n) is 10.3. The number of nitrogens with zero attached hydrogens (tertiary/aromatic N) is 2. The Morgan fingerprint density at radius 1 is 0.833 bits per heavy atom. The summed E-state index contributed by atoms with van der Waals surface area (Å²) in [5, 5.41) is 2.40. The average molecular weight is 393 g/mol. The van der Waals surface area contributed by atoms with Crippen molar-refractivity contribution >= 4 is 21.8 Å². The molecule has 0 bridgehead atoms. The molecule has 0 spiro atoms. The van der Waals surface area contributed by atoms with Gasteiger partial charge in [0.15, 0.2) is 0 Å². The van der Waals surface area contributed by atoms with Crippen LogP contribution >= 0.6 is 0 Å². The van der Waals surface area contributed by atoms with Gasteiger partial charge in [0.25, 0.3) is 0 Å². The molecular formula is C27H24N2O. The molecule has 0 N–H and O–H groups in total. The highest BCUT2D eigenvalue weighted by atomic mass is 16.5. The van der Waals surface area contributed by atoms with Crippen LogP contribution in [0.5, 0.6) is 5.75 Å². The van der Waals surface area contributed by atoms with E-state index in [1.165, 1.54) is 27.4 Å². The molecule has 1 atom stereocenters. The fraction of sp³-hybridized carbons (Fsp3) is 0.148. The van der Waals surface area contributed by atoms with Crippen LogP contribution in [0.3, 0.4) is 0 Å². The molecule has 1 heterocycles. The second-order valence-electron chi connectivity index (χ2n) is 7.72. The monoisotopic (exact) mass is 392 g/mol. The molecule has 4 aromatic carbocycles. The first kappa shape index (κ1) is 18.4. The van der Waals surface area contributed by atoms with Gasteiger partial charge in [-0.3, -0.25) is 0 Å². The number of aromatic nitrogens is 2. The van der Waals surface area contributed by atoms with E-state index in [0.717, 1.165) is 23.6 Å². The van der Waals surface area contributed by atoms with Crippen molar-refractivity contribution in [2.75, 3.05) is 7.11 Å². The van der Waals surface area contributed by atoms with Gasteiger partial charge in [0.2, 0.25) is 0 Å². The summed E-state index contributed by atoms with van der Waals surface area (Å²) < 4.78 is 7.72. The normalized spacial score (nSPS) is 12.3. The number of ether oxygens (including phenoxy) is 1. The predicted octanol–water partition coefficient (Wildman–Crippen LogP) is 6.40. The molecule has 0 saturated heterocycles. The Hall–Kier alpha value is -3.59. The molecule has 1 aromatic heterocycles. The molecule has 0 aliphatic carbocycles. The molecule has 0 radical (unpaired) electrons. The van der Waals surface area contributed by atoms with Gasteiger partial charge in [-0.25, -0.2) is 4.98 Å². The van der Waals surface area contributed by atoms with E-state index in [1.54, 1.807) is 7.11 Å². The van der Waals surface area contributed by atoms with Crippen LogP contribution in [-0.4, -0.2) is 16.7 Å². The molecule has 0 amide bonds. The Bertz CT molecular complexity index is 1320. The lowest BCUT2D eigenvalue weighted by molar-refractivity contribution is 0.415. The van der Waals surface area contributed by atoms with E-state index < -0.39 is 0 Å². The number of hydrogen-bond acceptors (Lipinski definition) is 2. The minimum atomic E-state index is 0.174. The van der Waals surface area contributed by atoms with Crippen molar-refractivity contribution in [3.8, 4) is 5.75 Å². The van der Waals surface area contributed by atoms with Crippen molar-refractivity contribution in [1.29, 1.82) is 0 Å². The first-order chi connectivity index (χ1) is 14.7. The summed E-state index contributed by atoms with van der Waals surface area (Å²) in [5.74, 6) is 2.15. The van der Waals surface area contributed by atoms with Crippen molar-refractivity contribution in [1.82, 2.24) is 9.55 Å². The lowest BCUT2D eigenvalue weighted by atomic mass is 9.97. The number of rotatable bonds is 5. The number of fused-ring (bicyclic) bond motifs is 2. The second kappa shape index (κ2) is 7.68. The van der Waals surface area contributed by atoms with Gasteiger partial charge in [-0.2, -0.15) is 0 Å². The predicted molar refractivity (Wildman–Crippen MR) is 123 cm³/mol. The van der Waals surface area contributed by atoms with Crippen molar-refractivity contribution < 1.29 is 4.74 Å². The van der Waals surface area contributed by atoms with Crippen LogP contribution in [-0.2, 0) is 6.54 Å². The Morgan fingerprint density at radius 2 is 1.57 bits per heavy atom. The first-order valence-corrected chi connectivity index (χ1v) is 10.3. The van der Waals surface area contributed by atoms with Crippen LogP contribution in [0.15, 0.2) is 91.0 Å². The molecule has 3 nitrogen and oxygen atoms in total. The number of imidazole rings is 1. The van der Waals surface area contributed by atoms with E-state index in [1.807, 2.05) is 6.07 Å². The highest BCUT2D eigenvalue weighted by Gasteiger charge is 2.19. The van der Waals surface area contributed by atoms with Crippen LogP contribution in [0.1, 0.15) is 29.8 Å². The van der Waals surface area contributed by atoms with Gasteiger partial charge in [-0.05, 0) is 46.2 Å². The highest BCUT2D eigenvalue weighted by Crippen LogP contribution is 2.31. The van der Waals surface area contributed by atoms with E-state index in [-0.39, 0.29) is 5.92 Å². The lowest BCUT2D eigenvalue weighted by Gasteiger charge is -2.16. The standard InChI is InChI=1S/C27H24N2O/c1-19(21-12-13-23-17-24(30-2)15-14-22(23)16-21)27-28-25-10-6-7-11-26(25)29(27)18-20-8-4-3-5-9-20/h3-17,19H,18H2,1-2H3. The highest BCUT2D eigenvalue weighted by molar-refractivity contribution is 5.85. The third-order valence-electron chi connectivity index (χ3n) is 5.83. The van der Waals surface area contributed by atoms with Crippen molar-refractivity contribution in [2.24, 2.45) is 0 Å². The minimum absolute atomic E-state index is 0.174. The zero-order valence-electron chi connectivity index (χ0n) is 17.2. The molecule has 0 fully saturated rings. The topological polar surface area (TPSA) is 27.1 Å². The van der Waals surface area contributed by atoms with E-state index in [9.17, 15) is 0 Å². The number of para-hydroxylation sites is 2. The van der Waals surface area contributed by atoms with E-state index in [4.69, 9.17) is 9.72 Å². The maximum atomic E-state index is 5.36. The van der Waals surface area contributed by atoms with Crippen LogP contribution in [0.4, 0.5) is 0 Å². The lowest BCUT2D eigenvalue weighted by Crippen LogP contribution is -2.09. The summed E-state index contributed by atoms with van der Waals surface area (Å²) in [6.07, 6.45) is 0. The molecular weight excluding hydrogens is 368 g/mol.